The van der Waals surface area contributed by atoms with Gasteiger partial charge in [-0.25, -0.2) is 0 Å². The summed E-state index contributed by atoms with van der Waals surface area (Å²) in [4.78, 5) is 12.1. The summed E-state index contributed by atoms with van der Waals surface area (Å²) >= 11 is 5.81. The zero-order valence-electron chi connectivity index (χ0n) is 14.1. The largest absolute Gasteiger partial charge is 0.360 e. The quantitative estimate of drug-likeness (QED) is 0.535. The molecule has 25 heavy (non-hydrogen) atoms. The molecular weight excluding hydrogens is 334 g/mol. The first-order chi connectivity index (χ1) is 12.1. The van der Waals surface area contributed by atoms with E-state index in [1.807, 2.05) is 30.3 Å². The molecule has 0 unspecified atom stereocenters. The number of nitrogens with one attached hydrogen (secondary N) is 2. The van der Waals surface area contributed by atoms with Crippen LogP contribution < -0.4 is 10.6 Å². The number of nitriles is 1. The van der Waals surface area contributed by atoms with Crippen molar-refractivity contribution < 1.29 is 4.79 Å². The third-order valence-electron chi connectivity index (χ3n) is 3.62. The molecule has 0 saturated carbocycles. The van der Waals surface area contributed by atoms with Gasteiger partial charge in [0.05, 0.1) is 0 Å². The van der Waals surface area contributed by atoms with Crippen molar-refractivity contribution in [3.05, 3.63) is 70.9 Å². The molecule has 2 N–H and O–H groups in total. The Morgan fingerprint density at radius 3 is 2.36 bits per heavy atom. The Bertz CT molecular complexity index is 774. The van der Waals surface area contributed by atoms with Gasteiger partial charge in [0, 0.05) is 22.6 Å². The summed E-state index contributed by atoms with van der Waals surface area (Å²) < 4.78 is 0. The van der Waals surface area contributed by atoms with Crippen LogP contribution in [-0.4, -0.2) is 5.91 Å². The standard InChI is InChI=1S/C20H20ClN3O/c1-2-3-4-15-5-9-18(10-6-15)23-14-16(13-22)20(25)24-19-11-7-17(21)8-12-19/h5-12,14,23H,2-4H2,1H3,(H,24,25)/b16-14-. The average molecular weight is 354 g/mol. The molecule has 4 nitrogen and oxygen atoms in total. The van der Waals surface area contributed by atoms with Crippen LogP contribution in [0.2, 0.25) is 5.02 Å². The van der Waals surface area contributed by atoms with Crippen molar-refractivity contribution in [1.29, 1.82) is 5.26 Å². The lowest BCUT2D eigenvalue weighted by Gasteiger charge is -2.06. The van der Waals surface area contributed by atoms with E-state index in [4.69, 9.17) is 11.6 Å². The molecule has 2 aromatic rings. The van der Waals surface area contributed by atoms with Gasteiger partial charge in [0.1, 0.15) is 11.6 Å². The van der Waals surface area contributed by atoms with E-state index in [0.717, 1.165) is 24.9 Å². The van der Waals surface area contributed by atoms with Crippen molar-refractivity contribution in [2.75, 3.05) is 10.6 Å². The Balaban J connectivity index is 1.98. The number of nitrogens with zero attached hydrogens (tertiary/aromatic N) is 1. The summed E-state index contributed by atoms with van der Waals surface area (Å²) in [5.41, 5.74) is 2.67. The van der Waals surface area contributed by atoms with Crippen LogP contribution in [0.3, 0.4) is 0 Å². The van der Waals surface area contributed by atoms with Gasteiger partial charge in [-0.3, -0.25) is 4.79 Å². The van der Waals surface area contributed by atoms with E-state index in [1.54, 1.807) is 24.3 Å². The number of halogens is 1. The molecule has 0 aromatic heterocycles. The summed E-state index contributed by atoms with van der Waals surface area (Å²) in [7, 11) is 0. The van der Waals surface area contributed by atoms with Gasteiger partial charge in [0.25, 0.3) is 5.91 Å². The Kier molecular flexibility index (Phi) is 7.06. The first-order valence-electron chi connectivity index (χ1n) is 8.15. The van der Waals surface area contributed by atoms with Gasteiger partial charge in [0.15, 0.2) is 0 Å². The minimum Gasteiger partial charge on any atom is -0.360 e. The second-order valence-corrected chi connectivity index (χ2v) is 6.01. The fourth-order valence-corrected chi connectivity index (χ4v) is 2.31. The Labute approximate surface area is 153 Å². The number of carbonyl (C=O) groups is 1. The van der Waals surface area contributed by atoms with Crippen molar-refractivity contribution in [2.45, 2.75) is 26.2 Å². The lowest BCUT2D eigenvalue weighted by molar-refractivity contribution is -0.112. The summed E-state index contributed by atoms with van der Waals surface area (Å²) in [6, 6.07) is 16.6. The monoisotopic (exact) mass is 353 g/mol. The van der Waals surface area contributed by atoms with Crippen molar-refractivity contribution in [3.8, 4) is 6.07 Å². The zero-order valence-corrected chi connectivity index (χ0v) is 14.8. The number of aryl methyl sites for hydroxylation is 1. The topological polar surface area (TPSA) is 64.9 Å². The van der Waals surface area contributed by atoms with Crippen molar-refractivity contribution in [1.82, 2.24) is 0 Å². The lowest BCUT2D eigenvalue weighted by Crippen LogP contribution is -2.14. The predicted molar refractivity (Wildman–Crippen MR) is 102 cm³/mol. The van der Waals surface area contributed by atoms with Crippen LogP contribution in [0.4, 0.5) is 11.4 Å². The second kappa shape index (κ2) is 9.51. The maximum absolute atomic E-state index is 12.1. The van der Waals surface area contributed by atoms with Gasteiger partial charge in [-0.1, -0.05) is 37.1 Å². The minimum absolute atomic E-state index is 0.00925. The fourth-order valence-electron chi connectivity index (χ4n) is 2.18. The maximum atomic E-state index is 12.1. The van der Waals surface area contributed by atoms with Crippen LogP contribution in [0.1, 0.15) is 25.3 Å². The predicted octanol–water partition coefficient (Wildman–Crippen LogP) is 5.14. The zero-order chi connectivity index (χ0) is 18.1. The highest BCUT2D eigenvalue weighted by Gasteiger charge is 2.09. The van der Waals surface area contributed by atoms with E-state index in [9.17, 15) is 10.1 Å². The van der Waals surface area contributed by atoms with Gasteiger partial charge >= 0.3 is 0 Å². The van der Waals surface area contributed by atoms with Gasteiger partial charge in [0.2, 0.25) is 0 Å². The third kappa shape index (κ3) is 5.98. The van der Waals surface area contributed by atoms with Gasteiger partial charge in [-0.05, 0) is 54.8 Å². The molecule has 1 amide bonds. The summed E-state index contributed by atoms with van der Waals surface area (Å²) in [5, 5.41) is 15.4. The molecule has 0 radical (unpaired) electrons. The van der Waals surface area contributed by atoms with E-state index in [0.29, 0.717) is 10.7 Å². The lowest BCUT2D eigenvalue weighted by atomic mass is 10.1. The van der Waals surface area contributed by atoms with Gasteiger partial charge in [-0.2, -0.15) is 5.26 Å². The molecule has 0 bridgehead atoms. The Morgan fingerprint density at radius 1 is 1.12 bits per heavy atom. The molecule has 0 saturated heterocycles. The molecule has 0 heterocycles. The molecule has 0 spiro atoms. The molecule has 2 rings (SSSR count). The molecule has 2 aromatic carbocycles. The molecule has 0 aliphatic carbocycles. The third-order valence-corrected chi connectivity index (χ3v) is 3.88. The highest BCUT2D eigenvalue weighted by Crippen LogP contribution is 2.15. The first-order valence-corrected chi connectivity index (χ1v) is 8.53. The SMILES string of the molecule is CCCCc1ccc(N/C=C(/C#N)C(=O)Nc2ccc(Cl)cc2)cc1. The van der Waals surface area contributed by atoms with Gasteiger partial charge in [-0.15, -0.1) is 0 Å². The van der Waals surface area contributed by atoms with Crippen LogP contribution in [0, 0.1) is 11.3 Å². The molecule has 0 fully saturated rings. The minimum atomic E-state index is -0.475. The average Bonchev–Trinajstić information content (AvgIpc) is 2.63. The van der Waals surface area contributed by atoms with Crippen molar-refractivity contribution in [3.63, 3.8) is 0 Å². The van der Waals surface area contributed by atoms with Crippen LogP contribution in [0.25, 0.3) is 0 Å². The fraction of sp³-hybridized carbons (Fsp3) is 0.200. The van der Waals surface area contributed by atoms with Crippen LogP contribution >= 0.6 is 11.6 Å². The summed E-state index contributed by atoms with van der Waals surface area (Å²) in [6.07, 6.45) is 4.79. The molecule has 5 heteroatoms. The number of hydrogen-bond acceptors (Lipinski definition) is 3. The summed E-state index contributed by atoms with van der Waals surface area (Å²) in [6.45, 7) is 2.17. The Hall–Kier alpha value is -2.77. The van der Waals surface area contributed by atoms with E-state index in [2.05, 4.69) is 17.6 Å². The number of benzene rings is 2. The van der Waals surface area contributed by atoms with Gasteiger partial charge < -0.3 is 10.6 Å². The van der Waals surface area contributed by atoms with Crippen LogP contribution in [0.15, 0.2) is 60.3 Å². The number of anilines is 2. The first kappa shape index (κ1) is 18.6. The maximum Gasteiger partial charge on any atom is 0.267 e. The molecular formula is C20H20ClN3O. The molecule has 0 aliphatic rings. The van der Waals surface area contributed by atoms with Crippen LogP contribution in [-0.2, 0) is 11.2 Å². The molecule has 0 atom stereocenters. The van der Waals surface area contributed by atoms with E-state index in [-0.39, 0.29) is 5.57 Å². The number of hydrogen-bond donors (Lipinski definition) is 2. The second-order valence-electron chi connectivity index (χ2n) is 5.58. The van der Waals surface area contributed by atoms with Crippen molar-refractivity contribution in [2.24, 2.45) is 0 Å². The molecule has 0 aliphatic heterocycles. The van der Waals surface area contributed by atoms with E-state index < -0.39 is 5.91 Å². The smallest absolute Gasteiger partial charge is 0.267 e. The highest BCUT2D eigenvalue weighted by molar-refractivity contribution is 6.30. The molecule has 128 valence electrons. The van der Waals surface area contributed by atoms with Crippen molar-refractivity contribution >= 4 is 28.9 Å². The van der Waals surface area contributed by atoms with E-state index >= 15 is 0 Å². The normalized spacial score (nSPS) is 10.8. The number of amides is 1. The number of unbranched alkanes of at least 4 members (excludes halogenated alkanes) is 1. The van der Waals surface area contributed by atoms with E-state index in [1.165, 1.54) is 11.8 Å². The number of rotatable bonds is 7. The Morgan fingerprint density at radius 2 is 1.76 bits per heavy atom. The van der Waals surface area contributed by atoms with Crippen LogP contribution in [0.5, 0.6) is 0 Å². The summed E-state index contributed by atoms with van der Waals surface area (Å²) in [5.74, 6) is -0.475. The number of carbonyl (C=O) groups excluding carboxylic acids is 1. The highest BCUT2D eigenvalue weighted by atomic mass is 35.5.